The monoisotopic (exact) mass is 456 g/mol. The molecule has 0 aliphatic heterocycles. The fourth-order valence-electron chi connectivity index (χ4n) is 3.22. The highest BCUT2D eigenvalue weighted by molar-refractivity contribution is 7.99. The first kappa shape index (κ1) is 20.9. The van der Waals surface area contributed by atoms with Crippen molar-refractivity contribution in [2.75, 3.05) is 11.1 Å². The van der Waals surface area contributed by atoms with Crippen molar-refractivity contribution in [3.8, 4) is 11.4 Å². The summed E-state index contributed by atoms with van der Waals surface area (Å²) >= 11 is 9.13. The molecule has 4 aromatic rings. The van der Waals surface area contributed by atoms with E-state index < -0.39 is 0 Å². The number of rotatable bonds is 6. The summed E-state index contributed by atoms with van der Waals surface area (Å²) in [7, 11) is 0. The number of nitrogens with zero attached hydrogens (tertiary/aromatic N) is 3. The summed E-state index contributed by atoms with van der Waals surface area (Å²) < 4.78 is 3.31. The SMILES string of the molecule is Cc1ccc(Cl)cc1NC(=O)CSc1nnc(-c2csc3ccccc23)n1C(C)C. The third-order valence-electron chi connectivity index (χ3n) is 4.71. The van der Waals surface area contributed by atoms with Crippen LogP contribution in [-0.4, -0.2) is 26.4 Å². The number of thiophene rings is 1. The van der Waals surface area contributed by atoms with E-state index >= 15 is 0 Å². The van der Waals surface area contributed by atoms with Gasteiger partial charge in [-0.3, -0.25) is 9.36 Å². The van der Waals surface area contributed by atoms with Crippen LogP contribution < -0.4 is 5.32 Å². The summed E-state index contributed by atoms with van der Waals surface area (Å²) in [6.07, 6.45) is 0. The number of anilines is 1. The first-order chi connectivity index (χ1) is 14.4. The zero-order valence-electron chi connectivity index (χ0n) is 16.8. The molecular weight excluding hydrogens is 436 g/mol. The lowest BCUT2D eigenvalue weighted by atomic mass is 10.1. The van der Waals surface area contributed by atoms with Gasteiger partial charge in [0.1, 0.15) is 0 Å². The quantitative estimate of drug-likeness (QED) is 0.339. The van der Waals surface area contributed by atoms with Crippen molar-refractivity contribution in [2.45, 2.75) is 32.0 Å². The molecule has 0 bridgehead atoms. The van der Waals surface area contributed by atoms with E-state index in [1.54, 1.807) is 17.4 Å². The second-order valence-corrected chi connectivity index (χ2v) is 9.50. The first-order valence-corrected chi connectivity index (χ1v) is 11.8. The lowest BCUT2D eigenvalue weighted by Crippen LogP contribution is -2.15. The molecule has 0 aliphatic carbocycles. The molecule has 5 nitrogen and oxygen atoms in total. The maximum absolute atomic E-state index is 12.5. The van der Waals surface area contributed by atoms with Crippen molar-refractivity contribution >= 4 is 56.4 Å². The van der Waals surface area contributed by atoms with E-state index in [9.17, 15) is 4.79 Å². The van der Waals surface area contributed by atoms with Gasteiger partial charge in [0.2, 0.25) is 5.91 Å². The number of halogens is 1. The summed E-state index contributed by atoms with van der Waals surface area (Å²) in [5.41, 5.74) is 2.77. The van der Waals surface area contributed by atoms with Gasteiger partial charge in [0, 0.05) is 37.8 Å². The van der Waals surface area contributed by atoms with Crippen LogP contribution in [0.5, 0.6) is 0 Å². The summed E-state index contributed by atoms with van der Waals surface area (Å²) in [5, 5.41) is 16.4. The molecule has 0 spiro atoms. The van der Waals surface area contributed by atoms with Crippen LogP contribution in [0.3, 0.4) is 0 Å². The van der Waals surface area contributed by atoms with E-state index in [2.05, 4.69) is 51.4 Å². The van der Waals surface area contributed by atoms with Gasteiger partial charge < -0.3 is 5.32 Å². The minimum absolute atomic E-state index is 0.105. The topological polar surface area (TPSA) is 59.8 Å². The van der Waals surface area contributed by atoms with Crippen molar-refractivity contribution < 1.29 is 4.79 Å². The van der Waals surface area contributed by atoms with Crippen molar-refractivity contribution in [3.05, 3.63) is 58.4 Å². The number of thioether (sulfide) groups is 1. The third-order valence-corrected chi connectivity index (χ3v) is 6.85. The highest BCUT2D eigenvalue weighted by Crippen LogP contribution is 2.35. The van der Waals surface area contributed by atoms with E-state index in [0.717, 1.165) is 27.8 Å². The normalized spacial score (nSPS) is 11.4. The van der Waals surface area contributed by atoms with Crippen molar-refractivity contribution in [3.63, 3.8) is 0 Å². The number of fused-ring (bicyclic) bond motifs is 1. The lowest BCUT2D eigenvalue weighted by molar-refractivity contribution is -0.113. The molecule has 2 heterocycles. The molecule has 0 fully saturated rings. The molecule has 154 valence electrons. The predicted molar refractivity (Wildman–Crippen MR) is 127 cm³/mol. The van der Waals surface area contributed by atoms with Crippen molar-refractivity contribution in [2.24, 2.45) is 0 Å². The van der Waals surface area contributed by atoms with Crippen LogP contribution >= 0.6 is 34.7 Å². The van der Waals surface area contributed by atoms with Gasteiger partial charge in [-0.05, 0) is 44.5 Å². The minimum Gasteiger partial charge on any atom is -0.325 e. The van der Waals surface area contributed by atoms with Crippen LogP contribution in [0.25, 0.3) is 21.5 Å². The Labute approximate surface area is 188 Å². The van der Waals surface area contributed by atoms with E-state index in [1.807, 2.05) is 31.2 Å². The standard InChI is InChI=1S/C22H21ClN4OS2/c1-13(2)27-21(17-11-29-19-7-5-4-6-16(17)19)25-26-22(27)30-12-20(28)24-18-10-15(23)9-8-14(18)3/h4-11,13H,12H2,1-3H3,(H,24,28). The molecule has 2 aromatic carbocycles. The summed E-state index contributed by atoms with van der Waals surface area (Å²) in [6, 6.07) is 13.9. The summed E-state index contributed by atoms with van der Waals surface area (Å²) in [4.78, 5) is 12.5. The van der Waals surface area contributed by atoms with Gasteiger partial charge in [-0.25, -0.2) is 0 Å². The van der Waals surface area contributed by atoms with Gasteiger partial charge in [-0.2, -0.15) is 0 Å². The molecule has 4 rings (SSSR count). The maximum Gasteiger partial charge on any atom is 0.234 e. The molecular formula is C22H21ClN4OS2. The maximum atomic E-state index is 12.5. The molecule has 1 N–H and O–H groups in total. The number of hydrogen-bond acceptors (Lipinski definition) is 5. The zero-order valence-corrected chi connectivity index (χ0v) is 19.2. The molecule has 1 amide bonds. The largest absolute Gasteiger partial charge is 0.325 e. The smallest absolute Gasteiger partial charge is 0.234 e. The first-order valence-electron chi connectivity index (χ1n) is 9.54. The van der Waals surface area contributed by atoms with Crippen LogP contribution in [0.1, 0.15) is 25.5 Å². The van der Waals surface area contributed by atoms with Crippen LogP contribution in [-0.2, 0) is 4.79 Å². The number of benzene rings is 2. The zero-order chi connectivity index (χ0) is 21.3. The molecule has 0 radical (unpaired) electrons. The Kier molecular flexibility index (Phi) is 6.13. The minimum atomic E-state index is -0.105. The molecule has 0 unspecified atom stereocenters. The molecule has 0 aliphatic rings. The average molecular weight is 457 g/mol. The fourth-order valence-corrected chi connectivity index (χ4v) is 5.20. The van der Waals surface area contributed by atoms with Gasteiger partial charge in [-0.15, -0.1) is 21.5 Å². The van der Waals surface area contributed by atoms with Crippen molar-refractivity contribution in [1.29, 1.82) is 0 Å². The Morgan fingerprint density at radius 1 is 1.23 bits per heavy atom. The van der Waals surface area contributed by atoms with Gasteiger partial charge in [-0.1, -0.05) is 47.6 Å². The van der Waals surface area contributed by atoms with Gasteiger partial charge in [0.25, 0.3) is 0 Å². The molecule has 0 atom stereocenters. The molecule has 0 saturated heterocycles. The molecule has 2 aromatic heterocycles. The van der Waals surface area contributed by atoms with E-state index in [-0.39, 0.29) is 17.7 Å². The van der Waals surface area contributed by atoms with Crippen LogP contribution in [0.4, 0.5) is 5.69 Å². The molecule has 30 heavy (non-hydrogen) atoms. The second kappa shape index (κ2) is 8.79. The van der Waals surface area contributed by atoms with Gasteiger partial charge >= 0.3 is 0 Å². The highest BCUT2D eigenvalue weighted by atomic mass is 35.5. The predicted octanol–water partition coefficient (Wildman–Crippen LogP) is 6.43. The third kappa shape index (κ3) is 4.24. The lowest BCUT2D eigenvalue weighted by Gasteiger charge is -2.13. The number of carbonyl (C=O) groups excluding carboxylic acids is 1. The van der Waals surface area contributed by atoms with Crippen LogP contribution in [0.15, 0.2) is 53.0 Å². The number of amides is 1. The fraction of sp³-hybridized carbons (Fsp3) is 0.227. The summed E-state index contributed by atoms with van der Waals surface area (Å²) in [6.45, 7) is 6.13. The van der Waals surface area contributed by atoms with Gasteiger partial charge in [0.15, 0.2) is 11.0 Å². The van der Waals surface area contributed by atoms with E-state index in [1.165, 1.54) is 21.8 Å². The molecule has 8 heteroatoms. The summed E-state index contributed by atoms with van der Waals surface area (Å²) in [5.74, 6) is 0.962. The Hall–Kier alpha value is -2.35. The Bertz CT molecular complexity index is 1220. The van der Waals surface area contributed by atoms with Crippen LogP contribution in [0, 0.1) is 6.92 Å². The number of aryl methyl sites for hydroxylation is 1. The molecule has 0 saturated carbocycles. The number of aromatic nitrogens is 3. The van der Waals surface area contributed by atoms with E-state index in [0.29, 0.717) is 5.02 Å². The van der Waals surface area contributed by atoms with Crippen LogP contribution in [0.2, 0.25) is 5.02 Å². The van der Waals surface area contributed by atoms with Crippen molar-refractivity contribution in [1.82, 2.24) is 14.8 Å². The second-order valence-electron chi connectivity index (χ2n) is 7.21. The highest BCUT2D eigenvalue weighted by Gasteiger charge is 2.20. The Balaban J connectivity index is 1.55. The van der Waals surface area contributed by atoms with E-state index in [4.69, 9.17) is 11.6 Å². The van der Waals surface area contributed by atoms with Gasteiger partial charge in [0.05, 0.1) is 5.75 Å². The average Bonchev–Trinajstić information content (AvgIpc) is 3.33. The number of carbonyl (C=O) groups is 1. The Morgan fingerprint density at radius 2 is 2.03 bits per heavy atom. The number of hydrogen-bond donors (Lipinski definition) is 1. The number of nitrogens with one attached hydrogen (secondary N) is 1. The Morgan fingerprint density at radius 3 is 2.83 bits per heavy atom.